The second kappa shape index (κ2) is 14.2. The molecule has 1 saturated heterocycles. The third-order valence-corrected chi connectivity index (χ3v) is 10.4. The summed E-state index contributed by atoms with van der Waals surface area (Å²) in [5.74, 6) is -4.13. The fourth-order valence-corrected chi connectivity index (χ4v) is 7.71. The zero-order chi connectivity index (χ0) is 41.3. The van der Waals surface area contributed by atoms with Gasteiger partial charge in [0.2, 0.25) is 5.91 Å². The van der Waals surface area contributed by atoms with Crippen molar-refractivity contribution in [3.05, 3.63) is 106 Å². The maximum atomic E-state index is 15.6. The lowest BCUT2D eigenvalue weighted by molar-refractivity contribution is -0.144. The second-order valence-corrected chi connectivity index (χ2v) is 15.2. The number of fused-ring (bicyclic) bond motifs is 4. The summed E-state index contributed by atoms with van der Waals surface area (Å²) in [4.78, 5) is 36.5. The maximum Gasteiger partial charge on any atom is 0.435 e. The fraction of sp³-hybridized carbons (Fsp3) is 0.375. The number of carbonyl (C=O) groups excluding carboxylic acids is 2. The lowest BCUT2D eigenvalue weighted by Gasteiger charge is -2.34. The first-order valence-corrected chi connectivity index (χ1v) is 18.3. The van der Waals surface area contributed by atoms with Crippen LogP contribution in [0.2, 0.25) is 0 Å². The van der Waals surface area contributed by atoms with E-state index in [0.29, 0.717) is 35.2 Å². The molecule has 5 heterocycles. The molecule has 0 spiro atoms. The molecule has 3 unspecified atom stereocenters. The van der Waals surface area contributed by atoms with E-state index < -0.39 is 82.5 Å². The van der Waals surface area contributed by atoms with E-state index in [0.717, 1.165) is 12.1 Å². The molecule has 11 nitrogen and oxygen atoms in total. The number of imidazole rings is 1. The molecule has 2 amide bonds. The zero-order valence-corrected chi connectivity index (χ0v) is 30.8. The van der Waals surface area contributed by atoms with Gasteiger partial charge in [-0.05, 0) is 80.8 Å². The van der Waals surface area contributed by atoms with Gasteiger partial charge in [0.05, 0.1) is 36.6 Å². The van der Waals surface area contributed by atoms with Crippen molar-refractivity contribution in [1.82, 2.24) is 34.8 Å². The van der Waals surface area contributed by atoms with E-state index in [2.05, 4.69) is 32.6 Å². The van der Waals surface area contributed by atoms with Gasteiger partial charge in [-0.2, -0.15) is 27.1 Å². The van der Waals surface area contributed by atoms with Crippen LogP contribution in [0.1, 0.15) is 82.9 Å². The molecule has 3 atom stereocenters. The monoisotopic (exact) mass is 809 g/mol. The van der Waals surface area contributed by atoms with Crippen LogP contribution >= 0.6 is 0 Å². The smallest absolute Gasteiger partial charge is 0.378 e. The molecule has 5 aromatic rings. The Balaban J connectivity index is 1.24. The number of hydrogen-bond acceptors (Lipinski definition) is 7. The number of hydrogen-bond donors (Lipinski definition) is 3. The second-order valence-electron chi connectivity index (χ2n) is 15.2. The van der Waals surface area contributed by atoms with E-state index in [1.54, 1.807) is 22.9 Å². The summed E-state index contributed by atoms with van der Waals surface area (Å²) in [6.45, 7) is 2.44. The molecule has 3 N–H and O–H groups in total. The summed E-state index contributed by atoms with van der Waals surface area (Å²) in [5, 5.41) is 19.3. The molecule has 0 bridgehead atoms. The number of pyridine rings is 2. The molecule has 58 heavy (non-hydrogen) atoms. The van der Waals surface area contributed by atoms with E-state index in [9.17, 15) is 36.6 Å². The van der Waals surface area contributed by atoms with Crippen molar-refractivity contribution in [3.63, 3.8) is 0 Å². The van der Waals surface area contributed by atoms with Crippen LogP contribution in [-0.2, 0) is 34.6 Å². The first-order chi connectivity index (χ1) is 27.4. The Bertz CT molecular complexity index is 2510. The largest absolute Gasteiger partial charge is 0.435 e. The standard InChI is InChI=1S/C40H34F7N7O4/c1-38(2,57)8-7-24-3-4-26(21-14-28(36-48-9-10-53(36)16-21)37(56)50-25-18-58-19-25)33(49-24)30(13-20-11-22(41)15-23(42)12-20)51-31(55)17-54-35-32(34(52-54)40(45,46)47)27-5-6-29(27)39(35,43)44/h3-4,9-12,14-16,25,27,29-30,57H,5-6,13,17-19H2,1-2H3,(H,50,56)(H,51,55). The third kappa shape index (κ3) is 7.39. The molecular weight excluding hydrogens is 775 g/mol. The van der Waals surface area contributed by atoms with Gasteiger partial charge in [0.15, 0.2) is 5.69 Å². The van der Waals surface area contributed by atoms with E-state index in [-0.39, 0.29) is 53.4 Å². The molecule has 3 aliphatic rings. The SMILES string of the molecule is CC(C)(O)C#Cc1ccc(-c2cc(C(=O)NC3COC3)c3nccn3c2)c(C(Cc2cc(F)cc(F)c2)NC(=O)Cn2nc(C(F)(F)F)c3c2C(F)(F)C2CCC32)n1. The summed E-state index contributed by atoms with van der Waals surface area (Å²) in [5.41, 5.74) is -3.32. The first-order valence-electron chi connectivity index (χ1n) is 18.3. The molecule has 2 aliphatic carbocycles. The van der Waals surface area contributed by atoms with Gasteiger partial charge in [-0.25, -0.2) is 18.7 Å². The number of halogens is 7. The first kappa shape index (κ1) is 39.0. The Labute approximate surface area is 325 Å². The summed E-state index contributed by atoms with van der Waals surface area (Å²) in [6, 6.07) is 5.67. The quantitative estimate of drug-likeness (QED) is 0.126. The van der Waals surface area contributed by atoms with Crippen LogP contribution < -0.4 is 10.6 Å². The number of nitrogens with zero attached hydrogens (tertiary/aromatic N) is 5. The Kier molecular flexibility index (Phi) is 9.58. The number of benzene rings is 1. The lowest BCUT2D eigenvalue weighted by Crippen LogP contribution is -2.48. The van der Waals surface area contributed by atoms with Gasteiger partial charge >= 0.3 is 6.18 Å². The lowest BCUT2D eigenvalue weighted by atomic mass is 9.73. The van der Waals surface area contributed by atoms with Gasteiger partial charge in [0, 0.05) is 47.3 Å². The van der Waals surface area contributed by atoms with Gasteiger partial charge in [0.1, 0.15) is 40.8 Å². The summed E-state index contributed by atoms with van der Waals surface area (Å²) < 4.78 is 110. The predicted molar refractivity (Wildman–Crippen MR) is 191 cm³/mol. The molecule has 1 saturated carbocycles. The maximum absolute atomic E-state index is 15.6. The van der Waals surface area contributed by atoms with E-state index in [1.807, 2.05) is 0 Å². The van der Waals surface area contributed by atoms with E-state index in [1.165, 1.54) is 32.2 Å². The number of amides is 2. The molecule has 0 radical (unpaired) electrons. The van der Waals surface area contributed by atoms with Crippen molar-refractivity contribution in [2.24, 2.45) is 5.92 Å². The van der Waals surface area contributed by atoms with Crippen molar-refractivity contribution < 1.29 is 50.2 Å². The summed E-state index contributed by atoms with van der Waals surface area (Å²) >= 11 is 0. The Hall–Kier alpha value is -5.80. The number of alkyl halides is 5. The molecule has 8 rings (SSSR count). The number of carbonyl (C=O) groups is 2. The number of aromatic nitrogens is 5. The topological polar surface area (TPSA) is 136 Å². The summed E-state index contributed by atoms with van der Waals surface area (Å²) in [7, 11) is 0. The Morgan fingerprint density at radius 2 is 1.83 bits per heavy atom. The van der Waals surface area contributed by atoms with Gasteiger partial charge in [-0.1, -0.05) is 5.92 Å². The van der Waals surface area contributed by atoms with Crippen molar-refractivity contribution in [2.45, 2.75) is 75.4 Å². The molecule has 302 valence electrons. The van der Waals surface area contributed by atoms with Crippen LogP contribution in [0.5, 0.6) is 0 Å². The van der Waals surface area contributed by atoms with Crippen LogP contribution in [0.4, 0.5) is 30.7 Å². The molecular formula is C40H34F7N7O4. The average Bonchev–Trinajstić information content (AvgIpc) is 3.75. The fourth-order valence-electron chi connectivity index (χ4n) is 7.71. The molecule has 18 heteroatoms. The van der Waals surface area contributed by atoms with Crippen molar-refractivity contribution >= 4 is 17.5 Å². The van der Waals surface area contributed by atoms with Gasteiger partial charge in [-0.15, -0.1) is 0 Å². The van der Waals surface area contributed by atoms with Crippen LogP contribution in [0.15, 0.2) is 55.0 Å². The normalized spacial score (nSPS) is 19.0. The van der Waals surface area contributed by atoms with E-state index >= 15 is 8.78 Å². The van der Waals surface area contributed by atoms with Crippen molar-refractivity contribution in [1.29, 1.82) is 0 Å². The number of rotatable bonds is 9. The minimum Gasteiger partial charge on any atom is -0.378 e. The van der Waals surface area contributed by atoms with Crippen LogP contribution in [0.25, 0.3) is 16.8 Å². The van der Waals surface area contributed by atoms with Crippen LogP contribution in [-0.4, -0.2) is 65.9 Å². The highest BCUT2D eigenvalue weighted by Crippen LogP contribution is 2.64. The van der Waals surface area contributed by atoms with Gasteiger partial charge in [0.25, 0.3) is 11.8 Å². The molecule has 4 aromatic heterocycles. The van der Waals surface area contributed by atoms with E-state index in [4.69, 9.17) is 9.72 Å². The zero-order valence-electron chi connectivity index (χ0n) is 30.8. The van der Waals surface area contributed by atoms with Crippen molar-refractivity contribution in [2.75, 3.05) is 13.2 Å². The van der Waals surface area contributed by atoms with Gasteiger partial charge < -0.3 is 24.9 Å². The molecule has 1 aliphatic heterocycles. The van der Waals surface area contributed by atoms with Crippen LogP contribution in [0.3, 0.4) is 0 Å². The Morgan fingerprint density at radius 1 is 1.09 bits per heavy atom. The molecule has 2 fully saturated rings. The highest BCUT2D eigenvalue weighted by Gasteiger charge is 2.63. The Morgan fingerprint density at radius 3 is 2.47 bits per heavy atom. The summed E-state index contributed by atoms with van der Waals surface area (Å²) in [6.07, 6.45) is -0.626. The van der Waals surface area contributed by atoms with Crippen molar-refractivity contribution in [3.8, 4) is 23.0 Å². The predicted octanol–water partition coefficient (Wildman–Crippen LogP) is 5.84. The average molecular weight is 810 g/mol. The number of aliphatic hydroxyl groups is 1. The number of ether oxygens (including phenoxy) is 1. The third-order valence-electron chi connectivity index (χ3n) is 10.4. The highest BCUT2D eigenvalue weighted by molar-refractivity contribution is 6.01. The van der Waals surface area contributed by atoms with Gasteiger partial charge in [-0.3, -0.25) is 14.3 Å². The molecule has 1 aromatic carbocycles. The highest BCUT2D eigenvalue weighted by atomic mass is 19.4. The van der Waals surface area contributed by atoms with Crippen LogP contribution in [0, 0.1) is 29.4 Å². The minimum absolute atomic E-state index is 0.00644. The minimum atomic E-state index is -5.07. The number of nitrogens with one attached hydrogen (secondary N) is 2.